The number of aromatic nitrogens is 3. The van der Waals surface area contributed by atoms with E-state index in [0.717, 1.165) is 10.5 Å². The third-order valence-corrected chi connectivity index (χ3v) is 5.92. The van der Waals surface area contributed by atoms with Gasteiger partial charge in [0.1, 0.15) is 0 Å². The number of nitrogens with zero attached hydrogens (tertiary/aromatic N) is 4. The molecule has 10 heteroatoms. The van der Waals surface area contributed by atoms with E-state index in [1.165, 1.54) is 24.9 Å². The molecule has 0 aliphatic carbocycles. The van der Waals surface area contributed by atoms with E-state index in [-0.39, 0.29) is 29.0 Å². The van der Waals surface area contributed by atoms with Gasteiger partial charge in [-0.05, 0) is 42.5 Å². The second-order valence-corrected chi connectivity index (χ2v) is 8.02. The average molecular weight is 442 g/mol. The molecule has 0 unspecified atom stereocenters. The fraction of sp³-hybridized carbons (Fsp3) is 0.150. The fourth-order valence-electron chi connectivity index (χ4n) is 3.06. The highest BCUT2D eigenvalue weighted by molar-refractivity contribution is 7.99. The van der Waals surface area contributed by atoms with Crippen molar-refractivity contribution in [2.45, 2.75) is 5.16 Å². The molecule has 4 rings (SSSR count). The number of carbonyl (C=O) groups excluding carboxylic acids is 3. The lowest BCUT2D eigenvalue weighted by molar-refractivity contribution is -0.113. The lowest BCUT2D eigenvalue weighted by Gasteiger charge is -2.07. The number of carbonyl (C=O) groups is 3. The van der Waals surface area contributed by atoms with Crippen LogP contribution in [0.2, 0.25) is 5.02 Å². The van der Waals surface area contributed by atoms with Crippen LogP contribution in [0, 0.1) is 0 Å². The predicted octanol–water partition coefficient (Wildman–Crippen LogP) is 3.09. The molecule has 3 amide bonds. The third-order valence-electron chi connectivity index (χ3n) is 4.64. The van der Waals surface area contributed by atoms with E-state index in [4.69, 9.17) is 11.6 Å². The molecule has 0 spiro atoms. The Morgan fingerprint density at radius 3 is 2.47 bits per heavy atom. The normalized spacial score (nSPS) is 13.0. The molecule has 30 heavy (non-hydrogen) atoms. The second-order valence-electron chi connectivity index (χ2n) is 6.64. The summed E-state index contributed by atoms with van der Waals surface area (Å²) in [6.07, 6.45) is 0. The summed E-state index contributed by atoms with van der Waals surface area (Å²) in [5.41, 5.74) is 1.95. The molecule has 1 aromatic heterocycles. The average Bonchev–Trinajstić information content (AvgIpc) is 3.20. The number of imide groups is 1. The van der Waals surface area contributed by atoms with E-state index < -0.39 is 0 Å². The Labute approximate surface area is 181 Å². The van der Waals surface area contributed by atoms with Crippen molar-refractivity contribution in [3.8, 4) is 11.4 Å². The largest absolute Gasteiger partial charge is 0.325 e. The first-order chi connectivity index (χ1) is 14.3. The summed E-state index contributed by atoms with van der Waals surface area (Å²) in [4.78, 5) is 37.4. The molecule has 0 saturated carbocycles. The number of fused-ring (bicyclic) bond motifs is 1. The van der Waals surface area contributed by atoms with Gasteiger partial charge in [0.25, 0.3) is 11.8 Å². The Hall–Kier alpha value is -3.17. The van der Waals surface area contributed by atoms with Crippen molar-refractivity contribution in [1.29, 1.82) is 0 Å². The van der Waals surface area contributed by atoms with E-state index in [1.54, 1.807) is 28.8 Å². The van der Waals surface area contributed by atoms with Crippen LogP contribution in [0.4, 0.5) is 5.69 Å². The highest BCUT2D eigenvalue weighted by atomic mass is 35.5. The van der Waals surface area contributed by atoms with Crippen LogP contribution in [0.1, 0.15) is 20.7 Å². The zero-order valence-corrected chi connectivity index (χ0v) is 17.6. The highest BCUT2D eigenvalue weighted by Gasteiger charge is 2.32. The molecule has 3 aromatic rings. The molecular weight excluding hydrogens is 426 g/mol. The van der Waals surface area contributed by atoms with E-state index in [1.807, 2.05) is 19.2 Å². The lowest BCUT2D eigenvalue weighted by atomic mass is 10.1. The maximum atomic E-state index is 12.4. The van der Waals surface area contributed by atoms with Crippen LogP contribution in [0.25, 0.3) is 11.4 Å². The minimum Gasteiger partial charge on any atom is -0.325 e. The molecule has 8 nitrogen and oxygen atoms in total. The van der Waals surface area contributed by atoms with Crippen LogP contribution in [0.15, 0.2) is 47.6 Å². The molecular formula is C20H16ClN5O3S. The SMILES string of the molecule is CN1C(=O)c2ccc(NC(=O)CSc3nnc(-c4ccc(Cl)cc4)n3C)cc2C1=O. The summed E-state index contributed by atoms with van der Waals surface area (Å²) >= 11 is 7.16. The first kappa shape index (κ1) is 20.1. The van der Waals surface area contributed by atoms with Crippen LogP contribution in [0.5, 0.6) is 0 Å². The quantitative estimate of drug-likeness (QED) is 0.482. The van der Waals surface area contributed by atoms with Crippen molar-refractivity contribution in [3.05, 3.63) is 58.6 Å². The zero-order chi connectivity index (χ0) is 21.4. The van der Waals surface area contributed by atoms with Crippen molar-refractivity contribution >= 4 is 46.8 Å². The molecule has 152 valence electrons. The summed E-state index contributed by atoms with van der Waals surface area (Å²) in [6.45, 7) is 0. The van der Waals surface area contributed by atoms with Gasteiger partial charge in [-0.2, -0.15) is 0 Å². The first-order valence-electron chi connectivity index (χ1n) is 8.89. The van der Waals surface area contributed by atoms with Gasteiger partial charge in [0.2, 0.25) is 5.91 Å². The number of hydrogen-bond donors (Lipinski definition) is 1. The molecule has 2 heterocycles. The number of rotatable bonds is 5. The maximum absolute atomic E-state index is 12.4. The van der Waals surface area contributed by atoms with Gasteiger partial charge in [-0.15, -0.1) is 10.2 Å². The van der Waals surface area contributed by atoms with Gasteiger partial charge in [0, 0.05) is 30.4 Å². The monoisotopic (exact) mass is 441 g/mol. The zero-order valence-electron chi connectivity index (χ0n) is 16.0. The van der Waals surface area contributed by atoms with Gasteiger partial charge in [-0.1, -0.05) is 23.4 Å². The Morgan fingerprint density at radius 1 is 1.03 bits per heavy atom. The maximum Gasteiger partial charge on any atom is 0.261 e. The summed E-state index contributed by atoms with van der Waals surface area (Å²) in [7, 11) is 3.25. The molecule has 0 radical (unpaired) electrons. The number of halogens is 1. The molecule has 0 atom stereocenters. The van der Waals surface area contributed by atoms with Gasteiger partial charge in [0.05, 0.1) is 16.9 Å². The Morgan fingerprint density at radius 2 is 1.73 bits per heavy atom. The number of nitrogens with one attached hydrogen (secondary N) is 1. The van der Waals surface area contributed by atoms with Crippen LogP contribution in [-0.2, 0) is 11.8 Å². The van der Waals surface area contributed by atoms with Crippen molar-refractivity contribution < 1.29 is 14.4 Å². The molecule has 0 fully saturated rings. The van der Waals surface area contributed by atoms with E-state index >= 15 is 0 Å². The molecule has 1 aliphatic rings. The molecule has 1 N–H and O–H groups in total. The third kappa shape index (κ3) is 3.69. The van der Waals surface area contributed by atoms with Gasteiger partial charge in [0.15, 0.2) is 11.0 Å². The molecule has 0 bridgehead atoms. The number of thioether (sulfide) groups is 1. The molecule has 0 saturated heterocycles. The van der Waals surface area contributed by atoms with Crippen molar-refractivity contribution in [1.82, 2.24) is 19.7 Å². The second kappa shape index (κ2) is 7.92. The highest BCUT2D eigenvalue weighted by Crippen LogP contribution is 2.26. The summed E-state index contributed by atoms with van der Waals surface area (Å²) in [6, 6.07) is 11.9. The van der Waals surface area contributed by atoms with E-state index in [0.29, 0.717) is 27.3 Å². The Kier molecular flexibility index (Phi) is 5.31. The van der Waals surface area contributed by atoms with Crippen molar-refractivity contribution in [3.63, 3.8) is 0 Å². The van der Waals surface area contributed by atoms with Gasteiger partial charge in [-0.3, -0.25) is 19.3 Å². The minimum absolute atomic E-state index is 0.108. The van der Waals surface area contributed by atoms with Crippen molar-refractivity contribution in [2.24, 2.45) is 7.05 Å². The Balaban J connectivity index is 1.41. The van der Waals surface area contributed by atoms with Crippen LogP contribution in [-0.4, -0.2) is 50.2 Å². The number of benzene rings is 2. The smallest absolute Gasteiger partial charge is 0.261 e. The fourth-order valence-corrected chi connectivity index (χ4v) is 3.89. The lowest BCUT2D eigenvalue weighted by Crippen LogP contribution is -2.24. The Bertz CT molecular complexity index is 1180. The molecule has 1 aliphatic heterocycles. The van der Waals surface area contributed by atoms with Crippen molar-refractivity contribution in [2.75, 3.05) is 18.1 Å². The van der Waals surface area contributed by atoms with Crippen LogP contribution < -0.4 is 5.32 Å². The van der Waals surface area contributed by atoms with Gasteiger partial charge in [-0.25, -0.2) is 0 Å². The first-order valence-corrected chi connectivity index (χ1v) is 10.3. The number of hydrogen-bond acceptors (Lipinski definition) is 6. The standard InChI is InChI=1S/C20H16ClN5O3S/c1-25-17(11-3-5-12(21)6-4-11)23-24-20(25)30-10-16(27)22-13-7-8-14-15(9-13)19(29)26(2)18(14)28/h3-9H,10H2,1-2H3,(H,22,27). The summed E-state index contributed by atoms with van der Waals surface area (Å²) in [5, 5.41) is 12.3. The predicted molar refractivity (Wildman–Crippen MR) is 114 cm³/mol. The minimum atomic E-state index is -0.380. The number of amides is 3. The molecule has 2 aromatic carbocycles. The topological polar surface area (TPSA) is 97.2 Å². The summed E-state index contributed by atoms with van der Waals surface area (Å²) in [5.74, 6) is -0.214. The van der Waals surface area contributed by atoms with Gasteiger partial charge < -0.3 is 9.88 Å². The van der Waals surface area contributed by atoms with Gasteiger partial charge >= 0.3 is 0 Å². The summed E-state index contributed by atoms with van der Waals surface area (Å²) < 4.78 is 1.80. The number of anilines is 1. The van der Waals surface area contributed by atoms with E-state index in [9.17, 15) is 14.4 Å². The van der Waals surface area contributed by atoms with Crippen LogP contribution >= 0.6 is 23.4 Å². The van der Waals surface area contributed by atoms with E-state index in [2.05, 4.69) is 15.5 Å². The van der Waals surface area contributed by atoms with Crippen LogP contribution in [0.3, 0.4) is 0 Å².